The van der Waals surface area contributed by atoms with E-state index in [2.05, 4.69) is 0 Å². The minimum absolute atomic E-state index is 0.00436. The molecule has 1 unspecified atom stereocenters. The van der Waals surface area contributed by atoms with Crippen LogP contribution in [0.15, 0.2) is 23.1 Å². The highest BCUT2D eigenvalue weighted by Crippen LogP contribution is 2.25. The quantitative estimate of drug-likeness (QED) is 0.841. The number of carbonyl (C=O) groups is 1. The van der Waals surface area contributed by atoms with Gasteiger partial charge in [0.15, 0.2) is 9.84 Å². The van der Waals surface area contributed by atoms with Crippen molar-refractivity contribution in [2.24, 2.45) is 0 Å². The van der Waals surface area contributed by atoms with Crippen LogP contribution in [0.5, 0.6) is 0 Å². The van der Waals surface area contributed by atoms with Crippen LogP contribution in [-0.2, 0) is 14.6 Å². The lowest BCUT2D eigenvalue weighted by Crippen LogP contribution is -2.41. The third-order valence-corrected chi connectivity index (χ3v) is 5.56. The molecule has 7 heteroatoms. The fourth-order valence-corrected chi connectivity index (χ4v) is 3.42. The number of benzene rings is 1. The predicted molar refractivity (Wildman–Crippen MR) is 80.4 cm³/mol. The van der Waals surface area contributed by atoms with Gasteiger partial charge in [-0.25, -0.2) is 8.42 Å². The zero-order valence-electron chi connectivity index (χ0n) is 11.8. The highest BCUT2D eigenvalue weighted by molar-refractivity contribution is 7.92. The van der Waals surface area contributed by atoms with Gasteiger partial charge < -0.3 is 10.6 Å². The van der Waals surface area contributed by atoms with Crippen LogP contribution in [0.3, 0.4) is 0 Å². The van der Waals surface area contributed by atoms with Crippen LogP contribution >= 0.6 is 11.6 Å². The fraction of sp³-hybridized carbons (Fsp3) is 0.462. The Labute approximate surface area is 124 Å². The van der Waals surface area contributed by atoms with Gasteiger partial charge in [0.1, 0.15) is 5.25 Å². The Balaban J connectivity index is 3.15. The molecule has 1 atom stereocenters. The molecule has 0 saturated heterocycles. The van der Waals surface area contributed by atoms with Crippen LogP contribution in [0.1, 0.15) is 20.8 Å². The molecule has 1 aromatic rings. The first-order chi connectivity index (χ1) is 9.25. The maximum atomic E-state index is 12.4. The summed E-state index contributed by atoms with van der Waals surface area (Å²) in [5.74, 6) is -0.414. The van der Waals surface area contributed by atoms with E-state index in [1.807, 2.05) is 0 Å². The third-order valence-electron chi connectivity index (χ3n) is 3.19. The summed E-state index contributed by atoms with van der Waals surface area (Å²) in [6, 6.07) is 4.06. The number of anilines is 1. The normalized spacial score (nSPS) is 13.0. The van der Waals surface area contributed by atoms with Gasteiger partial charge in [-0.3, -0.25) is 4.79 Å². The van der Waals surface area contributed by atoms with Crippen LogP contribution in [-0.4, -0.2) is 37.6 Å². The molecular weight excluding hydrogens is 300 g/mol. The van der Waals surface area contributed by atoms with Gasteiger partial charge >= 0.3 is 0 Å². The van der Waals surface area contributed by atoms with Gasteiger partial charge in [0.2, 0.25) is 5.91 Å². The van der Waals surface area contributed by atoms with Gasteiger partial charge in [0, 0.05) is 13.1 Å². The molecule has 20 heavy (non-hydrogen) atoms. The summed E-state index contributed by atoms with van der Waals surface area (Å²) in [6.07, 6.45) is 0. The molecule has 0 saturated carbocycles. The maximum Gasteiger partial charge on any atom is 0.240 e. The highest BCUT2D eigenvalue weighted by Gasteiger charge is 2.32. The molecule has 0 aliphatic rings. The molecule has 2 N–H and O–H groups in total. The van der Waals surface area contributed by atoms with Gasteiger partial charge in [-0.15, -0.1) is 0 Å². The van der Waals surface area contributed by atoms with Crippen LogP contribution in [0.4, 0.5) is 5.69 Å². The van der Waals surface area contributed by atoms with Gasteiger partial charge in [0.05, 0.1) is 15.6 Å². The molecule has 0 aromatic heterocycles. The van der Waals surface area contributed by atoms with Gasteiger partial charge in [-0.05, 0) is 39.0 Å². The summed E-state index contributed by atoms with van der Waals surface area (Å²) < 4.78 is 24.9. The molecular formula is C13H19ClN2O3S. The number of amides is 1. The van der Waals surface area contributed by atoms with E-state index in [0.29, 0.717) is 18.8 Å². The molecule has 0 fully saturated rings. The van der Waals surface area contributed by atoms with Crippen LogP contribution in [0.25, 0.3) is 0 Å². The topological polar surface area (TPSA) is 80.5 Å². The smallest absolute Gasteiger partial charge is 0.240 e. The number of hydrogen-bond donors (Lipinski definition) is 1. The summed E-state index contributed by atoms with van der Waals surface area (Å²) in [6.45, 7) is 5.94. The molecule has 1 aromatic carbocycles. The summed E-state index contributed by atoms with van der Waals surface area (Å²) in [4.78, 5) is 13.7. The lowest BCUT2D eigenvalue weighted by Gasteiger charge is -2.23. The number of carbonyl (C=O) groups excluding carboxylic acids is 1. The molecule has 0 heterocycles. The van der Waals surface area contributed by atoms with Crippen molar-refractivity contribution in [3.05, 3.63) is 23.2 Å². The van der Waals surface area contributed by atoms with Crippen molar-refractivity contribution in [1.29, 1.82) is 0 Å². The second-order valence-electron chi connectivity index (χ2n) is 4.38. The molecule has 112 valence electrons. The minimum Gasteiger partial charge on any atom is -0.398 e. The van der Waals surface area contributed by atoms with Crippen LogP contribution in [0.2, 0.25) is 5.02 Å². The lowest BCUT2D eigenvalue weighted by atomic mass is 10.3. The monoisotopic (exact) mass is 318 g/mol. The largest absolute Gasteiger partial charge is 0.398 e. The van der Waals surface area contributed by atoms with Gasteiger partial charge in [-0.1, -0.05) is 11.6 Å². The number of nitrogens with zero attached hydrogens (tertiary/aromatic N) is 1. The first-order valence-electron chi connectivity index (χ1n) is 6.33. The van der Waals surface area contributed by atoms with E-state index in [1.165, 1.54) is 30.0 Å². The third kappa shape index (κ3) is 3.24. The maximum absolute atomic E-state index is 12.4. The second kappa shape index (κ2) is 6.45. The standard InChI is InChI=1S/C13H19ClN2O3S/c1-4-16(5-2)13(17)9(3)20(18,19)10-6-7-12(15)11(14)8-10/h6-9H,4-5,15H2,1-3H3. The van der Waals surface area contributed by atoms with Crippen molar-refractivity contribution in [2.45, 2.75) is 30.9 Å². The zero-order chi connectivity index (χ0) is 15.5. The molecule has 1 rings (SSSR count). The number of rotatable bonds is 5. The van der Waals surface area contributed by atoms with Crippen LogP contribution < -0.4 is 5.73 Å². The second-order valence-corrected chi connectivity index (χ2v) is 7.06. The number of nitrogens with two attached hydrogens (primary N) is 1. The minimum atomic E-state index is -3.77. The average Bonchev–Trinajstić information content (AvgIpc) is 2.41. The summed E-state index contributed by atoms with van der Waals surface area (Å²) in [5, 5.41) is -0.990. The Morgan fingerprint density at radius 2 is 1.90 bits per heavy atom. The number of hydrogen-bond acceptors (Lipinski definition) is 4. The summed E-state index contributed by atoms with van der Waals surface area (Å²) >= 11 is 5.84. The Hall–Kier alpha value is -1.27. The molecule has 0 radical (unpaired) electrons. The molecule has 0 bridgehead atoms. The number of nitrogen functional groups attached to an aromatic ring is 1. The van der Waals surface area contributed by atoms with E-state index < -0.39 is 21.0 Å². The first-order valence-corrected chi connectivity index (χ1v) is 8.25. The van der Waals surface area contributed by atoms with Crippen molar-refractivity contribution in [1.82, 2.24) is 4.90 Å². The van der Waals surface area contributed by atoms with Crippen molar-refractivity contribution in [3.63, 3.8) is 0 Å². The Kier molecular flexibility index (Phi) is 5.42. The number of sulfone groups is 1. The lowest BCUT2D eigenvalue weighted by molar-refractivity contribution is -0.130. The van der Waals surface area contributed by atoms with E-state index >= 15 is 0 Å². The molecule has 5 nitrogen and oxygen atoms in total. The van der Waals surface area contributed by atoms with Crippen molar-refractivity contribution >= 4 is 33.0 Å². The van der Waals surface area contributed by atoms with E-state index in [-0.39, 0.29) is 9.92 Å². The summed E-state index contributed by atoms with van der Waals surface area (Å²) in [7, 11) is -3.77. The van der Waals surface area contributed by atoms with Crippen molar-refractivity contribution in [3.8, 4) is 0 Å². The van der Waals surface area contributed by atoms with E-state index in [4.69, 9.17) is 17.3 Å². The van der Waals surface area contributed by atoms with E-state index in [0.717, 1.165) is 0 Å². The van der Waals surface area contributed by atoms with Gasteiger partial charge in [-0.2, -0.15) is 0 Å². The Bertz CT molecular complexity index is 598. The molecule has 0 aliphatic heterocycles. The van der Waals surface area contributed by atoms with E-state index in [1.54, 1.807) is 13.8 Å². The molecule has 0 aliphatic carbocycles. The van der Waals surface area contributed by atoms with Crippen molar-refractivity contribution in [2.75, 3.05) is 18.8 Å². The van der Waals surface area contributed by atoms with Gasteiger partial charge in [0.25, 0.3) is 0 Å². The van der Waals surface area contributed by atoms with Crippen molar-refractivity contribution < 1.29 is 13.2 Å². The number of halogens is 1. The molecule has 1 amide bonds. The zero-order valence-corrected chi connectivity index (χ0v) is 13.3. The summed E-state index contributed by atoms with van der Waals surface area (Å²) in [5.41, 5.74) is 5.86. The molecule has 0 spiro atoms. The fourth-order valence-electron chi connectivity index (χ4n) is 1.81. The van der Waals surface area contributed by atoms with E-state index in [9.17, 15) is 13.2 Å². The SMILES string of the molecule is CCN(CC)C(=O)C(C)S(=O)(=O)c1ccc(N)c(Cl)c1. The highest BCUT2D eigenvalue weighted by atomic mass is 35.5. The Morgan fingerprint density at radius 1 is 1.35 bits per heavy atom. The Morgan fingerprint density at radius 3 is 2.35 bits per heavy atom. The predicted octanol–water partition coefficient (Wildman–Crippen LogP) is 1.95. The first kappa shape index (κ1) is 16.8. The average molecular weight is 319 g/mol. The van der Waals surface area contributed by atoms with Crippen LogP contribution in [0, 0.1) is 0 Å².